The van der Waals surface area contributed by atoms with Crippen LogP contribution in [0.1, 0.15) is 56.0 Å². The summed E-state index contributed by atoms with van der Waals surface area (Å²) in [6.45, 7) is 6.54. The molecular weight excluding hydrogens is 228 g/mol. The first-order chi connectivity index (χ1) is 8.19. The number of thiazole rings is 1. The lowest BCUT2D eigenvalue weighted by Gasteiger charge is -2.28. The maximum Gasteiger partial charge on any atom is 0.183 e. The summed E-state index contributed by atoms with van der Waals surface area (Å²) >= 11 is 1.80. The van der Waals surface area contributed by atoms with Gasteiger partial charge in [0.15, 0.2) is 5.13 Å². The normalized spacial score (nSPS) is 24.9. The summed E-state index contributed by atoms with van der Waals surface area (Å²) in [6.07, 6.45) is 8.20. The molecule has 2 rings (SSSR count). The summed E-state index contributed by atoms with van der Waals surface area (Å²) in [7, 11) is 0. The summed E-state index contributed by atoms with van der Waals surface area (Å²) in [4.78, 5) is 5.91. The molecule has 1 aromatic rings. The van der Waals surface area contributed by atoms with Crippen LogP contribution in [0.5, 0.6) is 0 Å². The molecular formula is C14H24N2S. The van der Waals surface area contributed by atoms with Gasteiger partial charge in [0, 0.05) is 10.9 Å². The maximum absolute atomic E-state index is 4.57. The van der Waals surface area contributed by atoms with Crippen LogP contribution in [0.4, 0.5) is 5.13 Å². The van der Waals surface area contributed by atoms with Crippen molar-refractivity contribution in [1.82, 2.24) is 4.98 Å². The van der Waals surface area contributed by atoms with Crippen LogP contribution in [0.15, 0.2) is 0 Å². The Morgan fingerprint density at radius 2 is 1.94 bits per heavy atom. The van der Waals surface area contributed by atoms with Crippen LogP contribution < -0.4 is 5.32 Å². The van der Waals surface area contributed by atoms with Gasteiger partial charge in [-0.25, -0.2) is 4.98 Å². The molecule has 0 amide bonds. The summed E-state index contributed by atoms with van der Waals surface area (Å²) < 4.78 is 0. The van der Waals surface area contributed by atoms with Crippen LogP contribution in [0.2, 0.25) is 0 Å². The summed E-state index contributed by atoms with van der Waals surface area (Å²) in [5.74, 6) is 0.984. The molecule has 0 saturated heterocycles. The lowest BCUT2D eigenvalue weighted by molar-refractivity contribution is 0.319. The molecule has 0 spiro atoms. The molecule has 0 atom stereocenters. The Kier molecular flexibility index (Phi) is 4.43. The SMILES string of the molecule is CCCC1CCC(Nc2nc(C)c(C)s2)CC1. The fourth-order valence-electron chi connectivity index (χ4n) is 2.71. The van der Waals surface area contributed by atoms with E-state index in [0.29, 0.717) is 6.04 Å². The molecule has 17 heavy (non-hydrogen) atoms. The third-order valence-corrected chi connectivity index (χ3v) is 4.90. The lowest BCUT2D eigenvalue weighted by Crippen LogP contribution is -2.25. The molecule has 0 radical (unpaired) electrons. The highest BCUT2D eigenvalue weighted by Gasteiger charge is 2.21. The van der Waals surface area contributed by atoms with Gasteiger partial charge in [-0.15, -0.1) is 11.3 Å². The summed E-state index contributed by atoms with van der Waals surface area (Å²) in [5, 5.41) is 4.74. The van der Waals surface area contributed by atoms with E-state index in [0.717, 1.165) is 11.0 Å². The topological polar surface area (TPSA) is 24.9 Å². The zero-order valence-corrected chi connectivity index (χ0v) is 12.1. The van der Waals surface area contributed by atoms with Crippen molar-refractivity contribution in [2.45, 2.75) is 65.3 Å². The van der Waals surface area contributed by atoms with Crippen LogP contribution in [-0.2, 0) is 0 Å². The smallest absolute Gasteiger partial charge is 0.183 e. The minimum absolute atomic E-state index is 0.660. The molecule has 1 heterocycles. The molecule has 1 fully saturated rings. The highest BCUT2D eigenvalue weighted by Crippen LogP contribution is 2.30. The number of nitrogens with zero attached hydrogens (tertiary/aromatic N) is 1. The van der Waals surface area contributed by atoms with Crippen LogP contribution >= 0.6 is 11.3 Å². The molecule has 2 nitrogen and oxygen atoms in total. The number of nitrogens with one attached hydrogen (secondary N) is 1. The predicted molar refractivity (Wildman–Crippen MR) is 75.9 cm³/mol. The average molecular weight is 252 g/mol. The Morgan fingerprint density at radius 1 is 1.24 bits per heavy atom. The van der Waals surface area contributed by atoms with E-state index < -0.39 is 0 Å². The number of anilines is 1. The van der Waals surface area contributed by atoms with Crippen molar-refractivity contribution >= 4 is 16.5 Å². The van der Waals surface area contributed by atoms with Gasteiger partial charge in [0.1, 0.15) is 0 Å². The standard InChI is InChI=1S/C14H24N2S/c1-4-5-12-6-8-13(9-7-12)16-14-15-10(2)11(3)17-14/h12-13H,4-9H2,1-3H3,(H,15,16). The molecule has 1 aliphatic rings. The van der Waals surface area contributed by atoms with Gasteiger partial charge in [-0.3, -0.25) is 0 Å². The van der Waals surface area contributed by atoms with Crippen molar-refractivity contribution in [3.63, 3.8) is 0 Å². The van der Waals surface area contributed by atoms with Gasteiger partial charge in [-0.2, -0.15) is 0 Å². The first-order valence-corrected chi connectivity index (χ1v) is 7.71. The first kappa shape index (κ1) is 12.9. The van der Waals surface area contributed by atoms with Gasteiger partial charge >= 0.3 is 0 Å². The molecule has 1 aromatic heterocycles. The maximum atomic E-state index is 4.57. The molecule has 0 aliphatic heterocycles. The van der Waals surface area contributed by atoms with Crippen molar-refractivity contribution < 1.29 is 0 Å². The van der Waals surface area contributed by atoms with Crippen molar-refractivity contribution in [1.29, 1.82) is 0 Å². The second kappa shape index (κ2) is 5.85. The number of hydrogen-bond donors (Lipinski definition) is 1. The second-order valence-electron chi connectivity index (χ2n) is 5.31. The van der Waals surface area contributed by atoms with Crippen LogP contribution in [0.3, 0.4) is 0 Å². The van der Waals surface area contributed by atoms with Gasteiger partial charge in [-0.1, -0.05) is 19.8 Å². The third-order valence-electron chi connectivity index (χ3n) is 3.90. The third kappa shape index (κ3) is 3.44. The van der Waals surface area contributed by atoms with Gasteiger partial charge in [-0.05, 0) is 45.4 Å². The molecule has 1 saturated carbocycles. The number of hydrogen-bond acceptors (Lipinski definition) is 3. The molecule has 1 N–H and O–H groups in total. The van der Waals surface area contributed by atoms with Crippen molar-refractivity contribution in [3.05, 3.63) is 10.6 Å². The highest BCUT2D eigenvalue weighted by atomic mass is 32.1. The van der Waals surface area contributed by atoms with Gasteiger partial charge < -0.3 is 5.32 Å². The van der Waals surface area contributed by atoms with E-state index >= 15 is 0 Å². The van der Waals surface area contributed by atoms with Crippen LogP contribution in [0, 0.1) is 19.8 Å². The first-order valence-electron chi connectivity index (χ1n) is 6.89. The van der Waals surface area contributed by atoms with Crippen LogP contribution in [0.25, 0.3) is 0 Å². The molecule has 1 aliphatic carbocycles. The molecule has 0 aromatic carbocycles. The Balaban J connectivity index is 1.81. The van der Waals surface area contributed by atoms with E-state index in [2.05, 4.69) is 31.1 Å². The monoisotopic (exact) mass is 252 g/mol. The number of rotatable bonds is 4. The number of aromatic nitrogens is 1. The van der Waals surface area contributed by atoms with E-state index in [4.69, 9.17) is 0 Å². The predicted octanol–water partition coefficient (Wildman–Crippen LogP) is 4.53. The van der Waals surface area contributed by atoms with E-state index in [-0.39, 0.29) is 0 Å². The van der Waals surface area contributed by atoms with E-state index in [1.807, 2.05) is 0 Å². The van der Waals surface area contributed by atoms with Crippen molar-refractivity contribution in [3.8, 4) is 0 Å². The quantitative estimate of drug-likeness (QED) is 0.851. The Morgan fingerprint density at radius 3 is 2.47 bits per heavy atom. The van der Waals surface area contributed by atoms with Gasteiger partial charge in [0.05, 0.1) is 5.69 Å². The average Bonchev–Trinajstić information content (AvgIpc) is 2.61. The Hall–Kier alpha value is -0.570. The minimum atomic E-state index is 0.660. The Labute approximate surface area is 109 Å². The van der Waals surface area contributed by atoms with E-state index in [1.54, 1.807) is 11.3 Å². The zero-order chi connectivity index (χ0) is 12.3. The Bertz CT molecular complexity index is 332. The van der Waals surface area contributed by atoms with Crippen molar-refractivity contribution in [2.75, 3.05) is 5.32 Å². The molecule has 0 bridgehead atoms. The minimum Gasteiger partial charge on any atom is -0.359 e. The number of aryl methyl sites for hydroxylation is 2. The van der Waals surface area contributed by atoms with Gasteiger partial charge in [0.25, 0.3) is 0 Å². The highest BCUT2D eigenvalue weighted by molar-refractivity contribution is 7.15. The van der Waals surface area contributed by atoms with Crippen molar-refractivity contribution in [2.24, 2.45) is 5.92 Å². The van der Waals surface area contributed by atoms with E-state index in [9.17, 15) is 0 Å². The van der Waals surface area contributed by atoms with Gasteiger partial charge in [0.2, 0.25) is 0 Å². The van der Waals surface area contributed by atoms with Crippen LogP contribution in [-0.4, -0.2) is 11.0 Å². The molecule has 0 unspecified atom stereocenters. The molecule has 3 heteroatoms. The molecule has 96 valence electrons. The zero-order valence-electron chi connectivity index (χ0n) is 11.3. The van der Waals surface area contributed by atoms with E-state index in [1.165, 1.54) is 49.1 Å². The fourth-order valence-corrected chi connectivity index (χ4v) is 3.60. The lowest BCUT2D eigenvalue weighted by atomic mass is 9.83. The second-order valence-corrected chi connectivity index (χ2v) is 6.51. The summed E-state index contributed by atoms with van der Waals surface area (Å²) in [6, 6.07) is 0.660. The summed E-state index contributed by atoms with van der Waals surface area (Å²) in [5.41, 5.74) is 1.18. The largest absolute Gasteiger partial charge is 0.359 e. The fraction of sp³-hybridized carbons (Fsp3) is 0.786.